The van der Waals surface area contributed by atoms with E-state index in [1.165, 1.54) is 0 Å². The van der Waals surface area contributed by atoms with Crippen LogP contribution < -0.4 is 10.5 Å². The van der Waals surface area contributed by atoms with Gasteiger partial charge in [0, 0.05) is 5.56 Å². The molecule has 0 heterocycles. The molecule has 92 valence electrons. The van der Waals surface area contributed by atoms with E-state index < -0.39 is 0 Å². The highest BCUT2D eigenvalue weighted by Crippen LogP contribution is 2.25. The Morgan fingerprint density at radius 2 is 2.29 bits per heavy atom. The molecule has 1 atom stereocenters. The van der Waals surface area contributed by atoms with Gasteiger partial charge in [-0.15, -0.1) is 0 Å². The zero-order valence-electron chi connectivity index (χ0n) is 10.2. The van der Waals surface area contributed by atoms with Crippen LogP contribution in [0.5, 0.6) is 5.75 Å². The third-order valence-corrected chi connectivity index (χ3v) is 3.17. The Balaban J connectivity index is 2.12. The van der Waals surface area contributed by atoms with Crippen LogP contribution in [0.25, 0.3) is 0 Å². The van der Waals surface area contributed by atoms with Gasteiger partial charge in [-0.2, -0.15) is 0 Å². The zero-order chi connectivity index (χ0) is 12.3. The molecule has 1 aliphatic rings. The average molecular weight is 233 g/mol. The second-order valence-corrected chi connectivity index (χ2v) is 4.53. The van der Waals surface area contributed by atoms with Crippen molar-refractivity contribution in [3.05, 3.63) is 29.3 Å². The molecule has 1 aliphatic carbocycles. The van der Waals surface area contributed by atoms with Gasteiger partial charge < -0.3 is 10.5 Å². The van der Waals surface area contributed by atoms with Crippen LogP contribution in [-0.2, 0) is 6.42 Å². The number of ketones is 1. The Morgan fingerprint density at radius 3 is 3.06 bits per heavy atom. The van der Waals surface area contributed by atoms with Gasteiger partial charge in [-0.1, -0.05) is 13.3 Å². The van der Waals surface area contributed by atoms with Crippen LogP contribution in [0.4, 0.5) is 0 Å². The molecule has 3 heteroatoms. The second-order valence-electron chi connectivity index (χ2n) is 4.53. The summed E-state index contributed by atoms with van der Waals surface area (Å²) in [6.45, 7) is 2.87. The number of hydrogen-bond acceptors (Lipinski definition) is 3. The van der Waals surface area contributed by atoms with Crippen LogP contribution in [0.2, 0.25) is 0 Å². The minimum Gasteiger partial charge on any atom is -0.494 e. The summed E-state index contributed by atoms with van der Waals surface area (Å²) in [5, 5.41) is 0. The molecule has 0 radical (unpaired) electrons. The molecule has 1 aromatic rings. The maximum Gasteiger partial charge on any atom is 0.179 e. The first-order valence-corrected chi connectivity index (χ1v) is 6.28. The molecule has 3 nitrogen and oxygen atoms in total. The van der Waals surface area contributed by atoms with Crippen molar-refractivity contribution in [2.75, 3.05) is 6.61 Å². The molecular formula is C14H19NO2. The van der Waals surface area contributed by atoms with Gasteiger partial charge in [0.05, 0.1) is 12.6 Å². The smallest absolute Gasteiger partial charge is 0.179 e. The van der Waals surface area contributed by atoms with E-state index in [0.717, 1.165) is 49.2 Å². The van der Waals surface area contributed by atoms with Crippen molar-refractivity contribution >= 4 is 5.78 Å². The quantitative estimate of drug-likeness (QED) is 0.812. The fourth-order valence-electron chi connectivity index (χ4n) is 2.08. The van der Waals surface area contributed by atoms with Crippen LogP contribution in [0.3, 0.4) is 0 Å². The van der Waals surface area contributed by atoms with Gasteiger partial charge in [0.2, 0.25) is 0 Å². The summed E-state index contributed by atoms with van der Waals surface area (Å²) in [4.78, 5) is 11.8. The van der Waals surface area contributed by atoms with Gasteiger partial charge in [-0.05, 0) is 43.0 Å². The van der Waals surface area contributed by atoms with E-state index in [1.54, 1.807) is 0 Å². The second kappa shape index (κ2) is 5.32. The fourth-order valence-corrected chi connectivity index (χ4v) is 2.08. The van der Waals surface area contributed by atoms with Crippen LogP contribution in [0.1, 0.15) is 42.1 Å². The van der Waals surface area contributed by atoms with Gasteiger partial charge in [0.25, 0.3) is 0 Å². The van der Waals surface area contributed by atoms with E-state index in [-0.39, 0.29) is 11.8 Å². The first kappa shape index (κ1) is 12.1. The lowest BCUT2D eigenvalue weighted by Crippen LogP contribution is -2.35. The molecule has 17 heavy (non-hydrogen) atoms. The molecule has 0 saturated carbocycles. The van der Waals surface area contributed by atoms with Crippen molar-refractivity contribution in [1.82, 2.24) is 0 Å². The number of Topliss-reactive ketones (excluding diaryl/α,β-unsaturated/α-hetero) is 1. The van der Waals surface area contributed by atoms with Crippen molar-refractivity contribution in [2.45, 2.75) is 38.6 Å². The molecule has 0 aromatic heterocycles. The monoisotopic (exact) mass is 233 g/mol. The molecule has 0 spiro atoms. The highest BCUT2D eigenvalue weighted by Gasteiger charge is 2.24. The number of benzene rings is 1. The Hall–Kier alpha value is -1.35. The summed E-state index contributed by atoms with van der Waals surface area (Å²) in [6, 6.07) is 5.37. The first-order chi connectivity index (χ1) is 8.22. The zero-order valence-corrected chi connectivity index (χ0v) is 10.2. The summed E-state index contributed by atoms with van der Waals surface area (Å²) in [6.07, 6.45) is 3.79. The molecule has 1 aromatic carbocycles. The minimum atomic E-state index is -0.325. The molecule has 1 unspecified atom stereocenters. The summed E-state index contributed by atoms with van der Waals surface area (Å²) in [5.74, 6) is 0.923. The third kappa shape index (κ3) is 2.67. The first-order valence-electron chi connectivity index (χ1n) is 6.28. The number of ether oxygens (including phenoxy) is 1. The molecule has 0 amide bonds. The predicted octanol–water partition coefficient (Wildman–Crippen LogP) is 2.32. The van der Waals surface area contributed by atoms with Gasteiger partial charge in [-0.3, -0.25) is 4.79 Å². The Labute approximate surface area is 102 Å². The van der Waals surface area contributed by atoms with Gasteiger partial charge in [0.1, 0.15) is 5.75 Å². The predicted molar refractivity (Wildman–Crippen MR) is 67.5 cm³/mol. The molecule has 2 rings (SSSR count). The lowest BCUT2D eigenvalue weighted by atomic mass is 9.87. The van der Waals surface area contributed by atoms with Crippen LogP contribution in [-0.4, -0.2) is 18.4 Å². The highest BCUT2D eigenvalue weighted by atomic mass is 16.5. The summed E-state index contributed by atoms with van der Waals surface area (Å²) >= 11 is 0. The molecule has 0 bridgehead atoms. The van der Waals surface area contributed by atoms with Crippen molar-refractivity contribution in [3.8, 4) is 5.75 Å². The number of aryl methyl sites for hydroxylation is 1. The van der Waals surface area contributed by atoms with Crippen molar-refractivity contribution < 1.29 is 9.53 Å². The molecule has 2 N–H and O–H groups in total. The van der Waals surface area contributed by atoms with E-state index in [2.05, 4.69) is 6.92 Å². The van der Waals surface area contributed by atoms with E-state index >= 15 is 0 Å². The normalized spacial score (nSPS) is 18.9. The Bertz CT molecular complexity index is 415. The summed E-state index contributed by atoms with van der Waals surface area (Å²) in [5.41, 5.74) is 7.59. The number of carbonyl (C=O) groups excluding carboxylic acids is 1. The third-order valence-electron chi connectivity index (χ3n) is 3.17. The van der Waals surface area contributed by atoms with Gasteiger partial charge in [-0.25, -0.2) is 0 Å². The van der Waals surface area contributed by atoms with Gasteiger partial charge >= 0.3 is 0 Å². The number of hydrogen-bond donors (Lipinski definition) is 1. The highest BCUT2D eigenvalue weighted by molar-refractivity contribution is 6.02. The van der Waals surface area contributed by atoms with Crippen LogP contribution in [0.15, 0.2) is 18.2 Å². The number of nitrogens with two attached hydrogens (primary N) is 1. The Kier molecular flexibility index (Phi) is 3.79. The fraction of sp³-hybridized carbons (Fsp3) is 0.500. The molecule has 0 saturated heterocycles. The van der Waals surface area contributed by atoms with Crippen LogP contribution >= 0.6 is 0 Å². The van der Waals surface area contributed by atoms with Crippen LogP contribution in [0, 0.1) is 0 Å². The Morgan fingerprint density at radius 1 is 1.47 bits per heavy atom. The number of rotatable bonds is 4. The maximum atomic E-state index is 11.8. The number of carbonyl (C=O) groups is 1. The molecule has 0 aliphatic heterocycles. The van der Waals surface area contributed by atoms with E-state index in [0.29, 0.717) is 0 Å². The van der Waals surface area contributed by atoms with E-state index in [4.69, 9.17) is 10.5 Å². The van der Waals surface area contributed by atoms with E-state index in [1.807, 2.05) is 18.2 Å². The summed E-state index contributed by atoms with van der Waals surface area (Å²) < 4.78 is 5.63. The molecular weight excluding hydrogens is 214 g/mol. The lowest BCUT2D eigenvalue weighted by molar-refractivity contribution is 0.0948. The van der Waals surface area contributed by atoms with Gasteiger partial charge in [0.15, 0.2) is 5.78 Å². The molecule has 0 fully saturated rings. The number of fused-ring (bicyclic) bond motifs is 1. The van der Waals surface area contributed by atoms with Crippen molar-refractivity contribution in [2.24, 2.45) is 5.73 Å². The largest absolute Gasteiger partial charge is 0.494 e. The SMILES string of the molecule is CCCCOc1ccc2c(c1)CCC(N)C2=O. The van der Waals surface area contributed by atoms with Crippen molar-refractivity contribution in [1.29, 1.82) is 0 Å². The standard InChI is InChI=1S/C14H19NO2/c1-2-3-8-17-11-5-6-12-10(9-11)4-7-13(15)14(12)16/h5-6,9,13H,2-4,7-8,15H2,1H3. The number of unbranched alkanes of at least 4 members (excludes halogenated alkanes) is 1. The summed E-state index contributed by atoms with van der Waals surface area (Å²) in [7, 11) is 0. The topological polar surface area (TPSA) is 52.3 Å². The van der Waals surface area contributed by atoms with E-state index in [9.17, 15) is 4.79 Å². The van der Waals surface area contributed by atoms with Crippen molar-refractivity contribution in [3.63, 3.8) is 0 Å². The maximum absolute atomic E-state index is 11.8. The lowest BCUT2D eigenvalue weighted by Gasteiger charge is -2.20. The minimum absolute atomic E-state index is 0.0614. The average Bonchev–Trinajstić information content (AvgIpc) is 2.34.